The number of thiazole rings is 1. The van der Waals surface area contributed by atoms with Crippen molar-refractivity contribution in [1.82, 2.24) is 15.0 Å². The molecule has 0 saturated heterocycles. The molecule has 5 nitrogen and oxygen atoms in total. The van der Waals surface area contributed by atoms with Crippen molar-refractivity contribution in [3.05, 3.63) is 53.3 Å². The maximum absolute atomic E-state index is 12.4. The van der Waals surface area contributed by atoms with Gasteiger partial charge in [0.15, 0.2) is 5.13 Å². The molecule has 3 rings (SSSR count). The average molecular weight is 371 g/mol. The van der Waals surface area contributed by atoms with Gasteiger partial charge in [-0.05, 0) is 26.8 Å². The van der Waals surface area contributed by atoms with Gasteiger partial charge in [0.2, 0.25) is 5.91 Å². The number of benzene rings is 1. The summed E-state index contributed by atoms with van der Waals surface area (Å²) in [6, 6.07) is 11.9. The maximum Gasteiger partial charge on any atom is 0.239 e. The van der Waals surface area contributed by atoms with E-state index in [0.29, 0.717) is 11.0 Å². The first-order valence-corrected chi connectivity index (χ1v) is 9.58. The molecule has 3 aromatic rings. The molecule has 2 heterocycles. The summed E-state index contributed by atoms with van der Waals surface area (Å²) in [4.78, 5) is 25.6. The minimum Gasteiger partial charge on any atom is -0.301 e. The van der Waals surface area contributed by atoms with Gasteiger partial charge in [-0.1, -0.05) is 42.1 Å². The third-order valence-corrected chi connectivity index (χ3v) is 5.29. The molecule has 7 heteroatoms. The highest BCUT2D eigenvalue weighted by atomic mass is 32.2. The van der Waals surface area contributed by atoms with Gasteiger partial charge >= 0.3 is 0 Å². The number of nitrogens with zero attached hydrogens (tertiary/aromatic N) is 3. The Bertz CT molecular complexity index is 880. The Hall–Kier alpha value is -2.25. The number of carbonyl (C=O) groups is 1. The van der Waals surface area contributed by atoms with Gasteiger partial charge in [0.05, 0.1) is 16.6 Å². The van der Waals surface area contributed by atoms with Gasteiger partial charge in [-0.25, -0.2) is 15.0 Å². The van der Waals surface area contributed by atoms with Crippen molar-refractivity contribution in [2.24, 2.45) is 0 Å². The Morgan fingerprint density at radius 3 is 2.60 bits per heavy atom. The zero-order valence-corrected chi connectivity index (χ0v) is 15.8. The number of thioether (sulfide) groups is 1. The Kier molecular flexibility index (Phi) is 5.45. The van der Waals surface area contributed by atoms with Crippen molar-refractivity contribution >= 4 is 34.1 Å². The maximum atomic E-state index is 12.4. The van der Waals surface area contributed by atoms with E-state index < -0.39 is 0 Å². The first kappa shape index (κ1) is 17.6. The van der Waals surface area contributed by atoms with E-state index in [9.17, 15) is 4.79 Å². The van der Waals surface area contributed by atoms with Crippen LogP contribution in [0.15, 0.2) is 46.8 Å². The molecule has 128 valence electrons. The van der Waals surface area contributed by atoms with Gasteiger partial charge in [0, 0.05) is 10.9 Å². The molecule has 0 spiro atoms. The molecule has 1 N–H and O–H groups in total. The molecule has 25 heavy (non-hydrogen) atoms. The van der Waals surface area contributed by atoms with Crippen LogP contribution in [0.1, 0.15) is 18.4 Å². The molecule has 2 aromatic heterocycles. The van der Waals surface area contributed by atoms with E-state index in [-0.39, 0.29) is 11.2 Å². The first-order chi connectivity index (χ1) is 12.0. The molecule has 1 unspecified atom stereocenters. The smallest absolute Gasteiger partial charge is 0.239 e. The molecule has 0 aliphatic rings. The lowest BCUT2D eigenvalue weighted by molar-refractivity contribution is -0.115. The van der Waals surface area contributed by atoms with Gasteiger partial charge < -0.3 is 5.32 Å². The van der Waals surface area contributed by atoms with E-state index >= 15 is 0 Å². The highest BCUT2D eigenvalue weighted by Crippen LogP contribution is 2.27. The number of aromatic nitrogens is 3. The van der Waals surface area contributed by atoms with Crippen LogP contribution in [0.3, 0.4) is 0 Å². The highest BCUT2D eigenvalue weighted by Gasteiger charge is 2.17. The Balaban J connectivity index is 1.73. The fraction of sp³-hybridized carbons (Fsp3) is 0.222. The fourth-order valence-corrected chi connectivity index (χ4v) is 3.79. The summed E-state index contributed by atoms with van der Waals surface area (Å²) >= 11 is 2.84. The zero-order chi connectivity index (χ0) is 17.8. The number of anilines is 1. The van der Waals surface area contributed by atoms with E-state index in [1.807, 2.05) is 62.5 Å². The summed E-state index contributed by atoms with van der Waals surface area (Å²) in [5.74, 6) is 0.601. The van der Waals surface area contributed by atoms with Crippen molar-refractivity contribution in [3.8, 4) is 11.3 Å². The molecule has 0 radical (unpaired) electrons. The van der Waals surface area contributed by atoms with Crippen LogP contribution < -0.4 is 5.32 Å². The van der Waals surface area contributed by atoms with E-state index in [2.05, 4.69) is 20.3 Å². The van der Waals surface area contributed by atoms with Crippen LogP contribution in [-0.2, 0) is 4.79 Å². The molecule has 0 bridgehead atoms. The first-order valence-electron chi connectivity index (χ1n) is 7.82. The molecule has 0 aliphatic carbocycles. The van der Waals surface area contributed by atoms with E-state index in [4.69, 9.17) is 0 Å². The molecule has 1 aromatic carbocycles. The standard InChI is InChI=1S/C18H18N4OS2/c1-11-10-24-18(19-11)22-17(23)12(2)25-16-9-15(20-13(3)21-16)14-7-5-4-6-8-14/h4-10,12H,1-3H3,(H,19,22,23). The Morgan fingerprint density at radius 2 is 1.92 bits per heavy atom. The lowest BCUT2D eigenvalue weighted by atomic mass is 10.1. The van der Waals surface area contributed by atoms with Gasteiger partial charge in [-0.3, -0.25) is 4.79 Å². The quantitative estimate of drug-likeness (QED) is 0.535. The third-order valence-electron chi connectivity index (χ3n) is 3.40. The molecule has 0 aliphatic heterocycles. The van der Waals surface area contributed by atoms with Crippen molar-refractivity contribution in [3.63, 3.8) is 0 Å². The van der Waals surface area contributed by atoms with Crippen LogP contribution in [0.5, 0.6) is 0 Å². The highest BCUT2D eigenvalue weighted by molar-refractivity contribution is 8.00. The summed E-state index contributed by atoms with van der Waals surface area (Å²) < 4.78 is 0. The molecule has 0 fully saturated rings. The van der Waals surface area contributed by atoms with Crippen LogP contribution >= 0.6 is 23.1 Å². The van der Waals surface area contributed by atoms with Gasteiger partial charge in [-0.2, -0.15) is 0 Å². The fourth-order valence-electron chi connectivity index (χ4n) is 2.21. The molecular weight excluding hydrogens is 352 g/mol. The summed E-state index contributed by atoms with van der Waals surface area (Å²) in [6.45, 7) is 5.62. The number of hydrogen-bond donors (Lipinski definition) is 1. The van der Waals surface area contributed by atoms with Crippen LogP contribution in [0.4, 0.5) is 5.13 Å². The van der Waals surface area contributed by atoms with Crippen molar-refractivity contribution in [2.75, 3.05) is 5.32 Å². The number of carbonyl (C=O) groups excluding carboxylic acids is 1. The molecule has 0 saturated carbocycles. The predicted molar refractivity (Wildman–Crippen MR) is 103 cm³/mol. The number of nitrogens with one attached hydrogen (secondary N) is 1. The second kappa shape index (κ2) is 7.76. The Morgan fingerprint density at radius 1 is 1.16 bits per heavy atom. The van der Waals surface area contributed by atoms with Gasteiger partial charge in [-0.15, -0.1) is 11.3 Å². The normalized spacial score (nSPS) is 12.0. The van der Waals surface area contributed by atoms with Crippen molar-refractivity contribution < 1.29 is 4.79 Å². The number of hydrogen-bond acceptors (Lipinski definition) is 6. The summed E-state index contributed by atoms with van der Waals surface area (Å²) in [5.41, 5.74) is 2.79. The summed E-state index contributed by atoms with van der Waals surface area (Å²) in [6.07, 6.45) is 0. The van der Waals surface area contributed by atoms with Crippen LogP contribution in [0, 0.1) is 13.8 Å². The number of amides is 1. The SMILES string of the molecule is Cc1csc(NC(=O)C(C)Sc2cc(-c3ccccc3)nc(C)n2)n1. The molecule has 1 amide bonds. The van der Waals surface area contributed by atoms with Gasteiger partial charge in [0.25, 0.3) is 0 Å². The van der Waals surface area contributed by atoms with Crippen LogP contribution in [0.25, 0.3) is 11.3 Å². The number of aryl methyl sites for hydroxylation is 2. The second-order valence-corrected chi connectivity index (χ2v) is 7.77. The number of rotatable bonds is 5. The third kappa shape index (κ3) is 4.64. The van der Waals surface area contributed by atoms with Crippen molar-refractivity contribution in [1.29, 1.82) is 0 Å². The van der Waals surface area contributed by atoms with Gasteiger partial charge in [0.1, 0.15) is 10.9 Å². The monoisotopic (exact) mass is 370 g/mol. The average Bonchev–Trinajstić information content (AvgIpc) is 3.00. The second-order valence-electron chi connectivity index (χ2n) is 5.55. The zero-order valence-electron chi connectivity index (χ0n) is 14.2. The minimum absolute atomic E-state index is 0.0862. The lowest BCUT2D eigenvalue weighted by Crippen LogP contribution is -2.22. The largest absolute Gasteiger partial charge is 0.301 e. The lowest BCUT2D eigenvalue weighted by Gasteiger charge is -2.11. The summed E-state index contributed by atoms with van der Waals surface area (Å²) in [7, 11) is 0. The molecule has 1 atom stereocenters. The van der Waals surface area contributed by atoms with E-state index in [1.54, 1.807) is 0 Å². The van der Waals surface area contributed by atoms with E-state index in [0.717, 1.165) is 22.0 Å². The predicted octanol–water partition coefficient (Wildman–Crippen LogP) is 4.34. The van der Waals surface area contributed by atoms with Crippen LogP contribution in [0.2, 0.25) is 0 Å². The van der Waals surface area contributed by atoms with Crippen molar-refractivity contribution in [2.45, 2.75) is 31.0 Å². The summed E-state index contributed by atoms with van der Waals surface area (Å²) in [5, 5.41) is 5.87. The topological polar surface area (TPSA) is 67.8 Å². The van der Waals surface area contributed by atoms with Crippen LogP contribution in [-0.4, -0.2) is 26.1 Å². The van der Waals surface area contributed by atoms with E-state index in [1.165, 1.54) is 23.1 Å². The Labute approximate surface area is 155 Å². The minimum atomic E-state index is -0.290. The molecular formula is C18H18N4OS2.